The van der Waals surface area contributed by atoms with Crippen molar-refractivity contribution < 1.29 is 17.5 Å². The Bertz CT molecular complexity index is 1030. The Hall–Kier alpha value is -0.130. The van der Waals surface area contributed by atoms with Crippen LogP contribution in [0.5, 0.6) is 0 Å². The molecule has 0 saturated heterocycles. The van der Waals surface area contributed by atoms with Gasteiger partial charge in [-0.25, -0.2) is 0 Å². The van der Waals surface area contributed by atoms with Crippen molar-refractivity contribution in [3.8, 4) is 0 Å². The van der Waals surface area contributed by atoms with Crippen molar-refractivity contribution in [3.05, 3.63) is 0 Å². The van der Waals surface area contributed by atoms with Crippen LogP contribution in [0.2, 0.25) is 0 Å². The summed E-state index contributed by atoms with van der Waals surface area (Å²) in [6.45, 7) is 9.66. The first-order valence-corrected chi connectivity index (χ1v) is 37.3. The number of nitrogens with zero attached hydrogens (tertiary/aromatic N) is 1. The first-order chi connectivity index (χ1) is 36.9. The number of hydrogen-bond acceptors (Lipinski definition) is 2. The molecular weight excluding hydrogens is 935 g/mol. The van der Waals surface area contributed by atoms with Gasteiger partial charge < -0.3 is 4.48 Å². The van der Waals surface area contributed by atoms with Crippen LogP contribution in [0.3, 0.4) is 0 Å². The number of unbranched alkanes of at least 4 members (excludes halogenated alkanes) is 60. The van der Waals surface area contributed by atoms with Gasteiger partial charge in [-0.15, -0.1) is 0 Å². The fourth-order valence-corrected chi connectivity index (χ4v) is 13.6. The molecular formula is C70H144NO3S+. The molecule has 0 unspecified atom stereocenters. The van der Waals surface area contributed by atoms with Crippen molar-refractivity contribution in [1.82, 2.24) is 0 Å². The van der Waals surface area contributed by atoms with E-state index in [9.17, 15) is 13.0 Å². The zero-order chi connectivity index (χ0) is 54.4. The zero-order valence-electron chi connectivity index (χ0n) is 52.5. The molecule has 0 aromatic rings. The van der Waals surface area contributed by atoms with Crippen LogP contribution in [0.4, 0.5) is 0 Å². The van der Waals surface area contributed by atoms with Gasteiger partial charge in [-0.3, -0.25) is 4.55 Å². The Morgan fingerprint density at radius 3 is 0.413 bits per heavy atom. The predicted octanol–water partition coefficient (Wildman–Crippen LogP) is 25.3. The average Bonchev–Trinajstić information content (AvgIpc) is 3.39. The lowest BCUT2D eigenvalue weighted by atomic mass is 10.0. The molecule has 452 valence electrons. The molecule has 0 aliphatic heterocycles. The Morgan fingerprint density at radius 1 is 0.200 bits per heavy atom. The van der Waals surface area contributed by atoms with E-state index in [2.05, 4.69) is 20.8 Å². The van der Waals surface area contributed by atoms with Crippen LogP contribution in [0.1, 0.15) is 425 Å². The highest BCUT2D eigenvalue weighted by atomic mass is 32.2. The third kappa shape index (κ3) is 62.9. The molecule has 0 bridgehead atoms. The summed E-state index contributed by atoms with van der Waals surface area (Å²) in [6, 6.07) is 0. The van der Waals surface area contributed by atoms with Crippen LogP contribution < -0.4 is 0 Å². The van der Waals surface area contributed by atoms with Crippen LogP contribution in [0, 0.1) is 0 Å². The normalized spacial score (nSPS) is 12.2. The van der Waals surface area contributed by atoms with Crippen LogP contribution in [0.15, 0.2) is 0 Å². The van der Waals surface area contributed by atoms with Crippen molar-refractivity contribution in [2.75, 3.05) is 25.5 Å². The van der Waals surface area contributed by atoms with Gasteiger partial charge in [0.15, 0.2) is 0 Å². The van der Waals surface area contributed by atoms with Crippen molar-refractivity contribution in [2.45, 2.75) is 425 Å². The largest absolute Gasteiger partial charge is 0.316 e. The molecule has 0 amide bonds. The van der Waals surface area contributed by atoms with Crippen LogP contribution in [0.25, 0.3) is 0 Å². The molecule has 0 aromatic carbocycles. The Kier molecular flexibility index (Phi) is 62.9. The van der Waals surface area contributed by atoms with E-state index in [-0.39, 0.29) is 5.88 Å². The van der Waals surface area contributed by atoms with E-state index in [0.717, 1.165) is 38.9 Å². The summed E-state index contributed by atoms with van der Waals surface area (Å²) >= 11 is 0. The SMILES string of the molecule is CCCCCCCCCCCCCCCCCCCCCCC[N+](CCCCCCCCCCCCCCCCCCCCCCC)(CCCCCCCCCCCCCCCCCCCCCCC)CS(=O)(=O)O. The van der Waals surface area contributed by atoms with E-state index in [1.807, 2.05) is 0 Å². The topological polar surface area (TPSA) is 54.4 Å². The lowest BCUT2D eigenvalue weighted by molar-refractivity contribution is -0.918. The Labute approximate surface area is 476 Å². The van der Waals surface area contributed by atoms with Gasteiger partial charge in [0.25, 0.3) is 0 Å². The predicted molar refractivity (Wildman–Crippen MR) is 339 cm³/mol. The molecule has 1 N–H and O–H groups in total. The van der Waals surface area contributed by atoms with Gasteiger partial charge in [0.2, 0.25) is 5.88 Å². The fourth-order valence-electron chi connectivity index (χ4n) is 12.5. The monoisotopic (exact) mass is 1080 g/mol. The summed E-state index contributed by atoms with van der Waals surface area (Å²) in [5, 5.41) is 0. The fraction of sp³-hybridized carbons (Fsp3) is 1.00. The molecule has 0 rings (SSSR count). The van der Waals surface area contributed by atoms with E-state index in [0.29, 0.717) is 4.48 Å². The minimum absolute atomic E-state index is 0.0788. The smallest absolute Gasteiger partial charge is 0.309 e. The highest BCUT2D eigenvalue weighted by molar-refractivity contribution is 7.85. The number of hydrogen-bond donors (Lipinski definition) is 1. The highest BCUT2D eigenvalue weighted by Crippen LogP contribution is 2.23. The Balaban J connectivity index is 4.46. The maximum absolute atomic E-state index is 12.6. The van der Waals surface area contributed by atoms with Gasteiger partial charge in [0, 0.05) is 0 Å². The molecule has 0 radical (unpaired) electrons. The highest BCUT2D eigenvalue weighted by Gasteiger charge is 2.31. The molecule has 0 fully saturated rings. The molecule has 0 aliphatic rings. The lowest BCUT2D eigenvalue weighted by Crippen LogP contribution is -2.53. The van der Waals surface area contributed by atoms with E-state index in [1.54, 1.807) is 0 Å². The quantitative estimate of drug-likeness (QED) is 0.0375. The summed E-state index contributed by atoms with van der Waals surface area (Å²) in [7, 11) is -4.04. The molecule has 0 saturated carbocycles. The van der Waals surface area contributed by atoms with Gasteiger partial charge in [0.05, 0.1) is 19.6 Å². The van der Waals surface area contributed by atoms with Gasteiger partial charge >= 0.3 is 10.1 Å². The van der Waals surface area contributed by atoms with Crippen LogP contribution >= 0.6 is 0 Å². The van der Waals surface area contributed by atoms with E-state index >= 15 is 0 Å². The van der Waals surface area contributed by atoms with Gasteiger partial charge in [-0.05, 0) is 38.5 Å². The minimum Gasteiger partial charge on any atom is -0.309 e. The Morgan fingerprint density at radius 2 is 0.307 bits per heavy atom. The summed E-state index contributed by atoms with van der Waals surface area (Å²) in [6.07, 6.45) is 87.2. The maximum Gasteiger partial charge on any atom is 0.316 e. The second kappa shape index (κ2) is 63.1. The van der Waals surface area contributed by atoms with Crippen molar-refractivity contribution in [1.29, 1.82) is 0 Å². The summed E-state index contributed by atoms with van der Waals surface area (Å²) in [4.78, 5) is 0. The number of quaternary nitrogens is 1. The van der Waals surface area contributed by atoms with Gasteiger partial charge in [-0.1, -0.05) is 387 Å². The molecule has 4 nitrogen and oxygen atoms in total. The third-order valence-corrected chi connectivity index (χ3v) is 18.5. The standard InChI is InChI=1S/C70H143NO3S/c1-4-7-10-13-16-19-22-25-28-31-34-37-40-43-46-49-52-55-58-61-64-67-71(70-75(72,73)74,68-65-62-59-56-53-50-47-44-41-38-35-32-29-26-23-20-17-14-11-8-5-2)69-66-63-60-57-54-51-48-45-42-39-36-33-30-27-24-21-18-15-12-9-6-3/h4-70H2,1-3H3/p+1. The van der Waals surface area contributed by atoms with Crippen LogP contribution in [-0.2, 0) is 10.1 Å². The molecule has 0 spiro atoms. The average molecular weight is 1080 g/mol. The minimum atomic E-state index is -4.04. The molecule has 5 heteroatoms. The number of rotatable bonds is 68. The maximum atomic E-state index is 12.6. The molecule has 0 aromatic heterocycles. The van der Waals surface area contributed by atoms with Crippen molar-refractivity contribution >= 4 is 10.1 Å². The summed E-state index contributed by atoms with van der Waals surface area (Å²) < 4.78 is 36.2. The van der Waals surface area contributed by atoms with E-state index < -0.39 is 10.1 Å². The van der Waals surface area contributed by atoms with Gasteiger partial charge in [0.1, 0.15) is 0 Å². The van der Waals surface area contributed by atoms with Crippen LogP contribution in [-0.4, -0.2) is 43.0 Å². The van der Waals surface area contributed by atoms with Crippen molar-refractivity contribution in [2.24, 2.45) is 0 Å². The molecule has 0 aliphatic carbocycles. The summed E-state index contributed by atoms with van der Waals surface area (Å²) in [5.41, 5.74) is 0. The third-order valence-electron chi connectivity index (χ3n) is 17.6. The lowest BCUT2D eigenvalue weighted by Gasteiger charge is -2.38. The molecule has 0 atom stereocenters. The van der Waals surface area contributed by atoms with Crippen molar-refractivity contribution in [3.63, 3.8) is 0 Å². The first kappa shape index (κ1) is 74.9. The zero-order valence-corrected chi connectivity index (χ0v) is 53.3. The summed E-state index contributed by atoms with van der Waals surface area (Å²) in [5.74, 6) is -0.0788. The molecule has 75 heavy (non-hydrogen) atoms. The second-order valence-electron chi connectivity index (χ2n) is 25.4. The van der Waals surface area contributed by atoms with E-state index in [1.165, 1.54) is 385 Å². The van der Waals surface area contributed by atoms with E-state index in [4.69, 9.17) is 0 Å². The molecule has 0 heterocycles. The van der Waals surface area contributed by atoms with Gasteiger partial charge in [-0.2, -0.15) is 8.42 Å². The first-order valence-electron chi connectivity index (χ1n) is 35.7. The second-order valence-corrected chi connectivity index (χ2v) is 26.9.